The molecular weight excluding hydrogens is 378 g/mol. The minimum atomic E-state index is -0.557. The smallest absolute Gasteiger partial charge is 0.333 e. The molecule has 0 aliphatic heterocycles. The second-order valence-corrected chi connectivity index (χ2v) is 7.29. The Morgan fingerprint density at radius 3 is 2.58 bits per heavy atom. The van der Waals surface area contributed by atoms with Crippen molar-refractivity contribution in [1.29, 1.82) is 0 Å². The molecule has 0 atom stereocenters. The van der Waals surface area contributed by atoms with Gasteiger partial charge in [0.15, 0.2) is 0 Å². The van der Waals surface area contributed by atoms with E-state index in [-0.39, 0.29) is 23.4 Å². The lowest BCUT2D eigenvalue weighted by Crippen LogP contribution is -2.20. The Morgan fingerprint density at radius 1 is 1.12 bits per heavy atom. The van der Waals surface area contributed by atoms with Gasteiger partial charge in [-0.15, -0.1) is 4.73 Å². The Kier molecular flexibility index (Phi) is 8.16. The lowest BCUT2D eigenvalue weighted by Gasteiger charge is -2.07. The highest BCUT2D eigenvalue weighted by Crippen LogP contribution is 2.29. The summed E-state index contributed by atoms with van der Waals surface area (Å²) < 4.78 is 0.666. The summed E-state index contributed by atoms with van der Waals surface area (Å²) in [4.78, 5) is 32.2. The number of amides is 1. The number of hydrogen-bond acceptors (Lipinski definition) is 8. The number of rotatable bonds is 9. The Labute approximate surface area is 158 Å². The fourth-order valence-electron chi connectivity index (χ4n) is 1.91. The topological polar surface area (TPSA) is 114 Å². The first kappa shape index (κ1) is 20.0. The zero-order valence-electron chi connectivity index (χ0n) is 13.8. The summed E-state index contributed by atoms with van der Waals surface area (Å²) in [7, 11) is 2.38. The van der Waals surface area contributed by atoms with Crippen molar-refractivity contribution >= 4 is 32.8 Å². The first-order chi connectivity index (χ1) is 12.6. The van der Waals surface area contributed by atoms with Crippen molar-refractivity contribution in [3.8, 4) is 11.8 Å². The third-order valence-electron chi connectivity index (χ3n) is 3.16. The van der Waals surface area contributed by atoms with Crippen molar-refractivity contribution in [1.82, 2.24) is 15.0 Å². The molecule has 2 aromatic heterocycles. The molecule has 0 spiro atoms. The highest BCUT2D eigenvalue weighted by Gasteiger charge is 2.11. The van der Waals surface area contributed by atoms with Gasteiger partial charge in [-0.3, -0.25) is 4.79 Å². The van der Waals surface area contributed by atoms with E-state index >= 15 is 0 Å². The van der Waals surface area contributed by atoms with Gasteiger partial charge in [0, 0.05) is 42.1 Å². The molecule has 0 aromatic carbocycles. The summed E-state index contributed by atoms with van der Waals surface area (Å²) in [6.45, 7) is 0.517. The van der Waals surface area contributed by atoms with Gasteiger partial charge < -0.3 is 20.4 Å². The summed E-state index contributed by atoms with van der Waals surface area (Å²) in [5.74, 6) is -1.25. The van der Waals surface area contributed by atoms with Crippen molar-refractivity contribution < 1.29 is 24.6 Å². The van der Waals surface area contributed by atoms with Gasteiger partial charge in [-0.25, -0.2) is 9.78 Å². The minimum absolute atomic E-state index is 0.140. The maximum absolute atomic E-state index is 11.7. The number of unbranched alkanes of at least 4 members (excludes halogenated alkanes) is 2. The standard InChI is InChI=1S/C16H19N3O5S2/c20-13-8-9-14(21)19(13)24-15(22)7-2-1-4-11-18-16(23)26-25-12-6-3-5-10-17-12/h3,5-6,8-10,20-21H,1-2,4,7,11H2,(H,18,23). The van der Waals surface area contributed by atoms with E-state index in [0.717, 1.165) is 28.7 Å². The van der Waals surface area contributed by atoms with Crippen LogP contribution in [0.5, 0.6) is 11.8 Å². The molecule has 1 amide bonds. The molecule has 0 bridgehead atoms. The van der Waals surface area contributed by atoms with Crippen LogP contribution < -0.4 is 10.2 Å². The zero-order valence-corrected chi connectivity index (χ0v) is 15.5. The summed E-state index contributed by atoms with van der Waals surface area (Å²) in [5.41, 5.74) is 0. The van der Waals surface area contributed by atoms with Crippen LogP contribution in [0.1, 0.15) is 25.7 Å². The highest BCUT2D eigenvalue weighted by molar-refractivity contribution is 8.82. The monoisotopic (exact) mass is 397 g/mol. The molecule has 140 valence electrons. The maximum Gasteiger partial charge on any atom is 0.333 e. The lowest BCUT2D eigenvalue weighted by atomic mass is 10.2. The van der Waals surface area contributed by atoms with Gasteiger partial charge in [-0.05, 0) is 35.8 Å². The molecule has 10 heteroatoms. The largest absolute Gasteiger partial charge is 0.492 e. The van der Waals surface area contributed by atoms with Crippen LogP contribution >= 0.6 is 21.6 Å². The zero-order chi connectivity index (χ0) is 18.8. The predicted molar refractivity (Wildman–Crippen MR) is 98.9 cm³/mol. The number of pyridine rings is 1. The van der Waals surface area contributed by atoms with Crippen LogP contribution in [0, 0.1) is 0 Å². The van der Waals surface area contributed by atoms with Crippen LogP contribution in [-0.2, 0) is 4.79 Å². The van der Waals surface area contributed by atoms with Gasteiger partial charge in [0.2, 0.25) is 11.8 Å². The van der Waals surface area contributed by atoms with Crippen LogP contribution in [0.4, 0.5) is 4.79 Å². The second kappa shape index (κ2) is 10.6. The van der Waals surface area contributed by atoms with Gasteiger partial charge in [0.25, 0.3) is 5.24 Å². The molecule has 26 heavy (non-hydrogen) atoms. The average Bonchev–Trinajstić information content (AvgIpc) is 2.95. The van der Waals surface area contributed by atoms with Gasteiger partial charge in [0.1, 0.15) is 5.03 Å². The van der Waals surface area contributed by atoms with Crippen LogP contribution in [0.25, 0.3) is 0 Å². The molecule has 3 N–H and O–H groups in total. The molecule has 2 aromatic rings. The Morgan fingerprint density at radius 2 is 1.88 bits per heavy atom. The average molecular weight is 397 g/mol. The third kappa shape index (κ3) is 6.89. The van der Waals surface area contributed by atoms with Crippen molar-refractivity contribution in [3.63, 3.8) is 0 Å². The van der Waals surface area contributed by atoms with E-state index in [9.17, 15) is 19.8 Å². The molecule has 0 radical (unpaired) electrons. The summed E-state index contributed by atoms with van der Waals surface area (Å²) in [5, 5.41) is 22.1. The van der Waals surface area contributed by atoms with Crippen molar-refractivity contribution in [2.45, 2.75) is 30.7 Å². The normalized spacial score (nSPS) is 10.5. The Balaban J connectivity index is 1.51. The number of carbonyl (C=O) groups excluding carboxylic acids is 2. The number of aromatic hydroxyl groups is 2. The molecule has 0 fully saturated rings. The quantitative estimate of drug-likeness (QED) is 0.437. The van der Waals surface area contributed by atoms with E-state index in [1.54, 1.807) is 6.20 Å². The summed E-state index contributed by atoms with van der Waals surface area (Å²) in [6, 6.07) is 7.94. The van der Waals surface area contributed by atoms with Crippen molar-refractivity contribution in [2.24, 2.45) is 0 Å². The van der Waals surface area contributed by atoms with Crippen LogP contribution in [0.15, 0.2) is 41.6 Å². The van der Waals surface area contributed by atoms with E-state index < -0.39 is 5.97 Å². The second-order valence-electron chi connectivity index (χ2n) is 5.17. The molecule has 0 aliphatic carbocycles. The van der Waals surface area contributed by atoms with Gasteiger partial charge >= 0.3 is 5.97 Å². The van der Waals surface area contributed by atoms with E-state index in [1.165, 1.54) is 22.9 Å². The minimum Gasteiger partial charge on any atom is -0.492 e. The molecule has 8 nitrogen and oxygen atoms in total. The number of aromatic nitrogens is 2. The fourth-order valence-corrected chi connectivity index (χ4v) is 3.43. The molecule has 0 unspecified atom stereocenters. The Hall–Kier alpha value is -2.33. The Bertz CT molecular complexity index is 704. The number of nitrogens with one attached hydrogen (secondary N) is 1. The van der Waals surface area contributed by atoms with Crippen LogP contribution in [0.2, 0.25) is 0 Å². The maximum atomic E-state index is 11.7. The number of hydrogen-bond donors (Lipinski definition) is 3. The number of nitrogens with zero attached hydrogens (tertiary/aromatic N) is 2. The van der Waals surface area contributed by atoms with E-state index in [1.807, 2.05) is 18.2 Å². The fraction of sp³-hybridized carbons (Fsp3) is 0.312. The van der Waals surface area contributed by atoms with Gasteiger partial charge in [-0.2, -0.15) is 0 Å². The van der Waals surface area contributed by atoms with Crippen LogP contribution in [0.3, 0.4) is 0 Å². The predicted octanol–water partition coefficient (Wildman–Crippen LogP) is 2.96. The lowest BCUT2D eigenvalue weighted by molar-refractivity contribution is -0.145. The molecule has 0 saturated carbocycles. The van der Waals surface area contributed by atoms with E-state index in [2.05, 4.69) is 10.3 Å². The summed E-state index contributed by atoms with van der Waals surface area (Å²) >= 11 is 0. The molecule has 0 saturated heterocycles. The number of carbonyl (C=O) groups is 2. The first-order valence-electron chi connectivity index (χ1n) is 7.90. The molecular formula is C16H19N3O5S2. The highest BCUT2D eigenvalue weighted by atomic mass is 33.1. The third-order valence-corrected chi connectivity index (χ3v) is 5.17. The molecule has 0 aliphatic rings. The van der Waals surface area contributed by atoms with Crippen LogP contribution in [-0.4, -0.2) is 37.7 Å². The van der Waals surface area contributed by atoms with Gasteiger partial charge in [0.05, 0.1) is 0 Å². The van der Waals surface area contributed by atoms with Crippen molar-refractivity contribution in [3.05, 3.63) is 36.5 Å². The van der Waals surface area contributed by atoms with Crippen molar-refractivity contribution in [2.75, 3.05) is 6.54 Å². The SMILES string of the molecule is O=C(CCCCCNC(=O)SSc1ccccn1)On1c(O)ccc1O. The van der Waals surface area contributed by atoms with E-state index in [4.69, 9.17) is 4.84 Å². The van der Waals surface area contributed by atoms with E-state index in [0.29, 0.717) is 17.7 Å². The first-order valence-corrected chi connectivity index (χ1v) is 10.1. The van der Waals surface area contributed by atoms with Gasteiger partial charge in [-0.1, -0.05) is 12.5 Å². The summed E-state index contributed by atoms with van der Waals surface area (Å²) in [6.07, 6.45) is 3.86. The molecule has 2 rings (SSSR count). The molecule has 2 heterocycles.